The normalized spacial score (nSPS) is 10.4. The van der Waals surface area contributed by atoms with E-state index in [0.29, 0.717) is 24.0 Å². The lowest BCUT2D eigenvalue weighted by atomic mass is 10.3. The molecule has 0 atom stereocenters. The van der Waals surface area contributed by atoms with E-state index in [-0.39, 0.29) is 5.91 Å². The Balaban J connectivity index is 2.25. The van der Waals surface area contributed by atoms with E-state index in [2.05, 4.69) is 15.2 Å². The van der Waals surface area contributed by atoms with Gasteiger partial charge in [-0.25, -0.2) is 0 Å². The number of methoxy groups -OCH3 is 1. The highest BCUT2D eigenvalue weighted by molar-refractivity contribution is 7.15. The molecule has 2 aromatic heterocycles. The molecule has 0 aliphatic carbocycles. The predicted octanol–water partition coefficient (Wildman–Crippen LogP) is 1.53. The SMILES string of the molecule is COCCN(C(=O)c1ccccn1)c1nnc(C)s1. The van der Waals surface area contributed by atoms with Gasteiger partial charge in [0.25, 0.3) is 5.91 Å². The maximum absolute atomic E-state index is 12.4. The van der Waals surface area contributed by atoms with Gasteiger partial charge in [-0.05, 0) is 19.1 Å². The first-order valence-corrected chi connectivity index (χ1v) is 6.56. The second-order valence-corrected chi connectivity index (χ2v) is 4.93. The number of pyridine rings is 1. The van der Waals surface area contributed by atoms with Crippen LogP contribution in [0.5, 0.6) is 0 Å². The fraction of sp³-hybridized carbons (Fsp3) is 0.333. The Morgan fingerprint density at radius 3 is 2.84 bits per heavy atom. The quantitative estimate of drug-likeness (QED) is 0.829. The van der Waals surface area contributed by atoms with E-state index < -0.39 is 0 Å². The first-order valence-electron chi connectivity index (χ1n) is 5.74. The number of ether oxygens (including phenoxy) is 1. The van der Waals surface area contributed by atoms with Gasteiger partial charge < -0.3 is 4.74 Å². The minimum absolute atomic E-state index is 0.200. The highest BCUT2D eigenvalue weighted by atomic mass is 32.1. The van der Waals surface area contributed by atoms with E-state index >= 15 is 0 Å². The number of carbonyl (C=O) groups is 1. The van der Waals surface area contributed by atoms with Gasteiger partial charge in [-0.15, -0.1) is 10.2 Å². The molecule has 0 saturated heterocycles. The molecule has 2 rings (SSSR count). The molecule has 0 aliphatic rings. The van der Waals surface area contributed by atoms with E-state index in [4.69, 9.17) is 4.74 Å². The molecule has 2 aromatic rings. The average molecular weight is 278 g/mol. The topological polar surface area (TPSA) is 68.2 Å². The Morgan fingerprint density at radius 1 is 1.42 bits per heavy atom. The molecule has 0 radical (unpaired) electrons. The van der Waals surface area contributed by atoms with Crippen LogP contribution in [0, 0.1) is 6.92 Å². The van der Waals surface area contributed by atoms with Gasteiger partial charge in [0, 0.05) is 13.3 Å². The van der Waals surface area contributed by atoms with Crippen molar-refractivity contribution in [2.45, 2.75) is 6.92 Å². The van der Waals surface area contributed by atoms with Gasteiger partial charge in [0.05, 0.1) is 13.2 Å². The number of anilines is 1. The number of amides is 1. The van der Waals surface area contributed by atoms with E-state index in [9.17, 15) is 4.79 Å². The molecular formula is C12H14N4O2S. The Kier molecular flexibility index (Phi) is 4.53. The summed E-state index contributed by atoms with van der Waals surface area (Å²) in [6, 6.07) is 5.22. The summed E-state index contributed by atoms with van der Waals surface area (Å²) in [5.41, 5.74) is 0.381. The average Bonchev–Trinajstić information content (AvgIpc) is 2.86. The van der Waals surface area contributed by atoms with Gasteiger partial charge in [-0.3, -0.25) is 14.7 Å². The molecule has 0 aromatic carbocycles. The van der Waals surface area contributed by atoms with E-state index in [0.717, 1.165) is 5.01 Å². The summed E-state index contributed by atoms with van der Waals surface area (Å²) >= 11 is 1.37. The summed E-state index contributed by atoms with van der Waals surface area (Å²) in [4.78, 5) is 18.0. The second-order valence-electron chi connectivity index (χ2n) is 3.77. The maximum Gasteiger partial charge on any atom is 0.278 e. The molecule has 0 aliphatic heterocycles. The van der Waals surface area contributed by atoms with Crippen molar-refractivity contribution in [3.63, 3.8) is 0 Å². The van der Waals surface area contributed by atoms with Crippen molar-refractivity contribution < 1.29 is 9.53 Å². The molecule has 0 spiro atoms. The van der Waals surface area contributed by atoms with Gasteiger partial charge in [-0.1, -0.05) is 17.4 Å². The largest absolute Gasteiger partial charge is 0.383 e. The minimum Gasteiger partial charge on any atom is -0.383 e. The third-order valence-electron chi connectivity index (χ3n) is 2.39. The van der Waals surface area contributed by atoms with Crippen LogP contribution < -0.4 is 4.90 Å². The minimum atomic E-state index is -0.200. The fourth-order valence-corrected chi connectivity index (χ4v) is 2.20. The lowest BCUT2D eigenvalue weighted by molar-refractivity contribution is 0.0971. The Hall–Kier alpha value is -1.86. The molecule has 0 N–H and O–H groups in total. The molecular weight excluding hydrogens is 264 g/mol. The summed E-state index contributed by atoms with van der Waals surface area (Å²) in [6.45, 7) is 2.69. The summed E-state index contributed by atoms with van der Waals surface area (Å²) in [7, 11) is 1.59. The van der Waals surface area contributed by atoms with Gasteiger partial charge in [0.2, 0.25) is 5.13 Å². The highest BCUT2D eigenvalue weighted by Crippen LogP contribution is 2.20. The number of aryl methyl sites for hydroxylation is 1. The van der Waals surface area contributed by atoms with Crippen LogP contribution in [-0.2, 0) is 4.74 Å². The molecule has 0 fully saturated rings. The molecule has 0 saturated carbocycles. The van der Waals surface area contributed by atoms with Crippen molar-refractivity contribution in [3.8, 4) is 0 Å². The number of nitrogens with zero attached hydrogens (tertiary/aromatic N) is 4. The fourth-order valence-electron chi connectivity index (χ4n) is 1.49. The third kappa shape index (κ3) is 3.33. The number of carbonyl (C=O) groups excluding carboxylic acids is 1. The van der Waals surface area contributed by atoms with Gasteiger partial charge >= 0.3 is 0 Å². The summed E-state index contributed by atoms with van der Waals surface area (Å²) in [5.74, 6) is -0.200. The van der Waals surface area contributed by atoms with Crippen LogP contribution in [0.1, 0.15) is 15.5 Å². The Morgan fingerprint density at radius 2 is 2.26 bits per heavy atom. The van der Waals surface area contributed by atoms with Crippen molar-refractivity contribution in [2.75, 3.05) is 25.2 Å². The van der Waals surface area contributed by atoms with Crippen LogP contribution in [0.2, 0.25) is 0 Å². The number of aromatic nitrogens is 3. The van der Waals surface area contributed by atoms with Gasteiger partial charge in [-0.2, -0.15) is 0 Å². The maximum atomic E-state index is 12.4. The van der Waals surface area contributed by atoms with Crippen LogP contribution >= 0.6 is 11.3 Å². The van der Waals surface area contributed by atoms with Crippen LogP contribution in [0.4, 0.5) is 5.13 Å². The number of hydrogen-bond donors (Lipinski definition) is 0. The van der Waals surface area contributed by atoms with Crippen molar-refractivity contribution in [2.24, 2.45) is 0 Å². The van der Waals surface area contributed by atoms with Crippen LogP contribution in [-0.4, -0.2) is 41.3 Å². The molecule has 1 amide bonds. The molecule has 100 valence electrons. The molecule has 6 nitrogen and oxygen atoms in total. The summed E-state index contributed by atoms with van der Waals surface area (Å²) in [5, 5.41) is 9.31. The summed E-state index contributed by atoms with van der Waals surface area (Å²) < 4.78 is 5.03. The first-order chi connectivity index (χ1) is 9.22. The first kappa shape index (κ1) is 13.6. The second kappa shape index (κ2) is 6.35. The zero-order valence-corrected chi connectivity index (χ0v) is 11.6. The molecule has 7 heteroatoms. The molecule has 2 heterocycles. The van der Waals surface area contributed by atoms with Crippen molar-refractivity contribution in [1.29, 1.82) is 0 Å². The molecule has 19 heavy (non-hydrogen) atoms. The van der Waals surface area contributed by atoms with Gasteiger partial charge in [0.15, 0.2) is 0 Å². The standard InChI is InChI=1S/C12H14N4O2S/c1-9-14-15-12(19-9)16(7-8-18-2)11(17)10-5-3-4-6-13-10/h3-6H,7-8H2,1-2H3. The van der Waals surface area contributed by atoms with Crippen molar-refractivity contribution in [3.05, 3.63) is 35.1 Å². The third-order valence-corrected chi connectivity index (χ3v) is 3.26. The van der Waals surface area contributed by atoms with Crippen molar-refractivity contribution >= 4 is 22.4 Å². The summed E-state index contributed by atoms with van der Waals surface area (Å²) in [6.07, 6.45) is 1.59. The van der Waals surface area contributed by atoms with E-state index in [1.54, 1.807) is 31.5 Å². The van der Waals surface area contributed by atoms with Gasteiger partial charge in [0.1, 0.15) is 10.7 Å². The van der Waals surface area contributed by atoms with Crippen molar-refractivity contribution in [1.82, 2.24) is 15.2 Å². The zero-order chi connectivity index (χ0) is 13.7. The predicted molar refractivity (Wildman–Crippen MR) is 72.4 cm³/mol. The van der Waals surface area contributed by atoms with E-state index in [1.807, 2.05) is 6.92 Å². The smallest absolute Gasteiger partial charge is 0.278 e. The molecule has 0 bridgehead atoms. The number of hydrogen-bond acceptors (Lipinski definition) is 6. The molecule has 0 unspecified atom stereocenters. The Labute approximate surface area is 115 Å². The van der Waals surface area contributed by atoms with Crippen LogP contribution in [0.3, 0.4) is 0 Å². The van der Waals surface area contributed by atoms with E-state index in [1.165, 1.54) is 16.2 Å². The number of rotatable bonds is 5. The Bertz CT molecular complexity index is 544. The lowest BCUT2D eigenvalue weighted by Crippen LogP contribution is -2.34. The monoisotopic (exact) mass is 278 g/mol. The highest BCUT2D eigenvalue weighted by Gasteiger charge is 2.21. The van der Waals surface area contributed by atoms with Crippen LogP contribution in [0.25, 0.3) is 0 Å². The lowest BCUT2D eigenvalue weighted by Gasteiger charge is -2.18. The van der Waals surface area contributed by atoms with Crippen LogP contribution in [0.15, 0.2) is 24.4 Å². The zero-order valence-electron chi connectivity index (χ0n) is 10.7.